The van der Waals surface area contributed by atoms with Gasteiger partial charge >= 0.3 is 47.0 Å². The molecule has 0 aliphatic rings. The lowest BCUT2D eigenvalue weighted by molar-refractivity contribution is -0.458. The first-order chi connectivity index (χ1) is 13.5. The topological polar surface area (TPSA) is 37.4 Å². The van der Waals surface area contributed by atoms with Gasteiger partial charge < -0.3 is 0 Å². The zero-order valence-electron chi connectivity index (χ0n) is 14.5. The highest BCUT2D eigenvalue weighted by atomic mass is 32.2. The van der Waals surface area contributed by atoms with Crippen LogP contribution in [-0.2, 0) is 10.0 Å². The molecule has 0 spiro atoms. The van der Waals surface area contributed by atoms with Crippen LogP contribution in [0.5, 0.6) is 0 Å². The number of hydrogen-bond acceptors (Lipinski definition) is 2. The van der Waals surface area contributed by atoms with Gasteiger partial charge in [-0.25, -0.2) is 8.42 Å². The quantitative estimate of drug-likeness (QED) is 0.385. The molecule has 0 aromatic carbocycles. The summed E-state index contributed by atoms with van der Waals surface area (Å²) >= 11 is 0. The van der Waals surface area contributed by atoms with E-state index in [0.29, 0.717) is 0 Å². The number of nitrogens with zero attached hydrogens (tertiary/aromatic N) is 1. The molecule has 193 valence electrons. The predicted octanol–water partition coefficient (Wildman–Crippen LogP) is 5.05. The molecule has 0 aliphatic carbocycles. The first-order valence-corrected chi connectivity index (χ1v) is 8.39. The lowest BCUT2D eigenvalue weighted by Gasteiger charge is -2.42. The molecule has 0 saturated heterocycles. The maximum atomic E-state index is 13.6. The molecule has 0 N–H and O–H groups in total. The second-order valence-corrected chi connectivity index (χ2v) is 7.87. The van der Waals surface area contributed by atoms with E-state index < -0.39 is 67.8 Å². The zero-order valence-corrected chi connectivity index (χ0v) is 15.3. The number of hydrogen-bond donors (Lipinski definition) is 0. The molecular weight excluding hydrogens is 533 g/mol. The number of halogens is 17. The second-order valence-electron chi connectivity index (χ2n) is 5.79. The lowest BCUT2D eigenvalue weighted by atomic mass is 9.91. The van der Waals surface area contributed by atoms with Gasteiger partial charge in [-0.05, 0) is 6.92 Å². The molecule has 1 radical (unpaired) electrons. The highest BCUT2D eigenvalue weighted by Crippen LogP contribution is 2.64. The first-order valence-electron chi connectivity index (χ1n) is 6.95. The Morgan fingerprint density at radius 3 is 1.06 bits per heavy atom. The monoisotopic (exact) mass is 540 g/mol. The lowest BCUT2D eigenvalue weighted by Crippen LogP contribution is -2.75. The van der Waals surface area contributed by atoms with E-state index in [4.69, 9.17) is 0 Å². The van der Waals surface area contributed by atoms with Gasteiger partial charge in [-0.2, -0.15) is 78.9 Å². The molecule has 21 heteroatoms. The standard InChI is InChI=1S/C11H7F17NO2S/c1-3-29(2)32(30,31)11(27,28)9(22,23)7(18,19)5(14,15)4(12,13)6(16,17)8(20,21)10(24,25)26/h1,3H2,2H3. The largest absolute Gasteiger partial charge is 0.460 e. The van der Waals surface area contributed by atoms with E-state index in [1.807, 2.05) is 0 Å². The Bertz CT molecular complexity index is 800. The highest BCUT2D eigenvalue weighted by Gasteiger charge is 2.96. The van der Waals surface area contributed by atoms with Gasteiger partial charge in [0.15, 0.2) is 0 Å². The van der Waals surface area contributed by atoms with Crippen molar-refractivity contribution in [2.24, 2.45) is 0 Å². The molecule has 3 nitrogen and oxygen atoms in total. The molecule has 32 heavy (non-hydrogen) atoms. The van der Waals surface area contributed by atoms with E-state index in [2.05, 4.69) is 6.92 Å². The summed E-state index contributed by atoms with van der Waals surface area (Å²) in [6.07, 6.45) is -7.86. The Hall–Kier alpha value is -1.28. The Morgan fingerprint density at radius 1 is 0.562 bits per heavy atom. The minimum atomic E-state index is -8.83. The Morgan fingerprint density at radius 2 is 0.812 bits per heavy atom. The van der Waals surface area contributed by atoms with E-state index in [0.717, 1.165) is 0 Å². The normalized spacial score (nSPS) is 16.6. The number of alkyl halides is 17. The molecule has 0 amide bonds. The van der Waals surface area contributed by atoms with Gasteiger partial charge in [0, 0.05) is 13.6 Å². The van der Waals surface area contributed by atoms with Crippen molar-refractivity contribution in [2.75, 3.05) is 13.6 Å². The van der Waals surface area contributed by atoms with Gasteiger partial charge in [0.1, 0.15) is 0 Å². The van der Waals surface area contributed by atoms with Crippen LogP contribution < -0.4 is 0 Å². The fraction of sp³-hybridized carbons (Fsp3) is 0.909. The number of sulfonamides is 1. The SMILES string of the molecule is [CH2]CN(C)S(=O)(=O)C(F)(F)C(F)(F)C(F)(F)C(F)(F)C(F)(F)C(F)(F)C(F)(F)C(F)(F)F. The molecule has 0 atom stereocenters. The third-order valence-corrected chi connectivity index (χ3v) is 5.65. The van der Waals surface area contributed by atoms with Crippen LogP contribution in [0.25, 0.3) is 0 Å². The fourth-order valence-electron chi connectivity index (χ4n) is 1.63. The predicted molar refractivity (Wildman–Crippen MR) is 67.6 cm³/mol. The van der Waals surface area contributed by atoms with Crippen LogP contribution in [-0.4, -0.2) is 73.3 Å². The summed E-state index contributed by atoms with van der Waals surface area (Å²) in [4.78, 5) is 0. The Balaban J connectivity index is 6.99. The van der Waals surface area contributed by atoms with Crippen molar-refractivity contribution < 1.29 is 83.1 Å². The van der Waals surface area contributed by atoms with Crippen molar-refractivity contribution in [3.63, 3.8) is 0 Å². The van der Waals surface area contributed by atoms with Crippen LogP contribution in [0.2, 0.25) is 0 Å². The van der Waals surface area contributed by atoms with Crippen molar-refractivity contribution >= 4 is 10.0 Å². The fourth-order valence-corrected chi connectivity index (χ4v) is 2.71. The van der Waals surface area contributed by atoms with Gasteiger partial charge in [-0.15, -0.1) is 0 Å². The average Bonchev–Trinajstić information content (AvgIpc) is 2.58. The van der Waals surface area contributed by atoms with Gasteiger partial charge in [-0.3, -0.25) is 0 Å². The van der Waals surface area contributed by atoms with Gasteiger partial charge in [-0.1, -0.05) is 0 Å². The summed E-state index contributed by atoms with van der Waals surface area (Å²) in [6.45, 7) is 0.992. The van der Waals surface area contributed by atoms with Gasteiger partial charge in [0.05, 0.1) is 0 Å². The summed E-state index contributed by atoms with van der Waals surface area (Å²) in [5.74, 6) is -51.5. The minimum absolute atomic E-state index is 0.102. The zero-order chi connectivity index (χ0) is 26.8. The van der Waals surface area contributed by atoms with E-state index in [-0.39, 0.29) is 7.05 Å². The van der Waals surface area contributed by atoms with Crippen molar-refractivity contribution in [3.8, 4) is 0 Å². The highest BCUT2D eigenvalue weighted by molar-refractivity contribution is 7.90. The summed E-state index contributed by atoms with van der Waals surface area (Å²) in [5.41, 5.74) is 0. The van der Waals surface area contributed by atoms with E-state index >= 15 is 0 Å². The second kappa shape index (κ2) is 7.62. The van der Waals surface area contributed by atoms with Crippen molar-refractivity contribution in [1.29, 1.82) is 0 Å². The van der Waals surface area contributed by atoms with Crippen molar-refractivity contribution in [2.45, 2.75) is 47.0 Å². The molecule has 0 heterocycles. The van der Waals surface area contributed by atoms with Crippen LogP contribution in [0.3, 0.4) is 0 Å². The van der Waals surface area contributed by atoms with Crippen LogP contribution in [0.4, 0.5) is 74.6 Å². The molecule has 0 rings (SSSR count). The van der Waals surface area contributed by atoms with Crippen LogP contribution in [0.15, 0.2) is 0 Å². The molecular formula is C11H7F17NO2S. The molecule has 0 aliphatic heterocycles. The minimum Gasteiger partial charge on any atom is -0.206 e. The van der Waals surface area contributed by atoms with E-state index in [1.54, 1.807) is 0 Å². The van der Waals surface area contributed by atoms with Crippen LogP contribution in [0.1, 0.15) is 0 Å². The molecule has 0 bridgehead atoms. The van der Waals surface area contributed by atoms with Crippen molar-refractivity contribution in [1.82, 2.24) is 4.31 Å². The Labute approximate surface area is 166 Å². The maximum Gasteiger partial charge on any atom is 0.460 e. The summed E-state index contributed by atoms with van der Waals surface area (Å²) in [5, 5.41) is -7.53. The molecule has 0 aromatic heterocycles. The van der Waals surface area contributed by atoms with Gasteiger partial charge in [0.2, 0.25) is 0 Å². The van der Waals surface area contributed by atoms with E-state index in [1.165, 1.54) is 0 Å². The third-order valence-electron chi connectivity index (χ3n) is 3.74. The smallest absolute Gasteiger partial charge is 0.206 e. The van der Waals surface area contributed by atoms with Gasteiger partial charge in [0.25, 0.3) is 10.0 Å². The summed E-state index contributed by atoms with van der Waals surface area (Å²) < 4.78 is 243. The summed E-state index contributed by atoms with van der Waals surface area (Å²) in [6, 6.07) is 0. The molecule has 0 fully saturated rings. The average molecular weight is 540 g/mol. The first kappa shape index (κ1) is 30.7. The third kappa shape index (κ3) is 3.56. The molecule has 0 saturated carbocycles. The maximum absolute atomic E-state index is 13.6. The van der Waals surface area contributed by atoms with Crippen molar-refractivity contribution in [3.05, 3.63) is 6.92 Å². The van der Waals surface area contributed by atoms with Crippen LogP contribution in [0, 0.1) is 6.92 Å². The Kier molecular flexibility index (Phi) is 7.32. The number of rotatable bonds is 9. The summed E-state index contributed by atoms with van der Waals surface area (Å²) in [7, 11) is -7.31. The molecule has 0 aromatic rings. The molecule has 0 unspecified atom stereocenters. The van der Waals surface area contributed by atoms with Crippen LogP contribution >= 0.6 is 0 Å². The van der Waals surface area contributed by atoms with E-state index in [9.17, 15) is 83.1 Å².